The summed E-state index contributed by atoms with van der Waals surface area (Å²) >= 11 is 3.42. The van der Waals surface area contributed by atoms with Gasteiger partial charge in [-0.1, -0.05) is 28.1 Å². The summed E-state index contributed by atoms with van der Waals surface area (Å²) in [6, 6.07) is 13.2. The molecule has 2 heteroatoms. The Bertz CT molecular complexity index is 437. The number of halogens is 1. The van der Waals surface area contributed by atoms with E-state index in [-0.39, 0.29) is 0 Å². The molecule has 0 heterocycles. The molecule has 0 amide bonds. The van der Waals surface area contributed by atoms with Gasteiger partial charge in [-0.05, 0) is 29.0 Å². The summed E-state index contributed by atoms with van der Waals surface area (Å²) in [6.07, 6.45) is 0. The number of hydrogen-bond acceptors (Lipinski definition) is 1. The zero-order valence-corrected chi connectivity index (χ0v) is 8.76. The van der Waals surface area contributed by atoms with Crippen LogP contribution in [-0.2, 0) is 0 Å². The largest absolute Gasteiger partial charge is 0.496 e. The molecular weight excluding hydrogens is 228 g/mol. The number of methoxy groups -OCH3 is 1. The van der Waals surface area contributed by atoms with Crippen molar-refractivity contribution in [2.24, 2.45) is 0 Å². The minimum absolute atomic E-state index is 0.773. The van der Waals surface area contributed by atoms with Crippen molar-refractivity contribution in [2.75, 3.05) is 7.11 Å². The van der Waals surface area contributed by atoms with Crippen LogP contribution in [0.1, 0.15) is 0 Å². The summed E-state index contributed by atoms with van der Waals surface area (Å²) in [6.45, 7) is 0. The number of hydrogen-bond donors (Lipinski definition) is 0. The van der Waals surface area contributed by atoms with Crippen molar-refractivity contribution in [2.45, 2.75) is 0 Å². The topological polar surface area (TPSA) is 9.23 Å². The second-order valence-corrected chi connectivity index (χ2v) is 3.67. The molecule has 0 atom stereocenters. The van der Waals surface area contributed by atoms with Crippen LogP contribution in [-0.4, -0.2) is 7.11 Å². The molecule has 2 rings (SSSR count). The summed E-state index contributed by atoms with van der Waals surface area (Å²) < 4.78 is 6.17. The van der Waals surface area contributed by atoms with Crippen LogP contribution < -0.4 is 4.74 Å². The van der Waals surface area contributed by atoms with Gasteiger partial charge in [0.05, 0.1) is 7.11 Å². The third-order valence-corrected chi connectivity index (χ3v) is 2.40. The third-order valence-electron chi connectivity index (χ3n) is 1.91. The van der Waals surface area contributed by atoms with Crippen molar-refractivity contribution >= 4 is 26.7 Å². The van der Waals surface area contributed by atoms with E-state index in [9.17, 15) is 0 Å². The average Bonchev–Trinajstić information content (AvgIpc) is 2.17. The molecule has 0 aliphatic carbocycles. The highest BCUT2D eigenvalue weighted by atomic mass is 79.9. The Morgan fingerprint density at radius 1 is 1.23 bits per heavy atom. The Hall–Kier alpha value is -1.02. The molecule has 0 N–H and O–H groups in total. The van der Waals surface area contributed by atoms with Gasteiger partial charge in [-0.15, -0.1) is 0 Å². The van der Waals surface area contributed by atoms with Crippen molar-refractivity contribution < 1.29 is 4.74 Å². The first-order chi connectivity index (χ1) is 6.29. The number of fused-ring (bicyclic) bond motifs is 1. The van der Waals surface area contributed by atoms with Gasteiger partial charge < -0.3 is 4.74 Å². The summed E-state index contributed by atoms with van der Waals surface area (Å²) in [7, 11) is 1.65. The van der Waals surface area contributed by atoms with Gasteiger partial charge in [0.1, 0.15) is 5.75 Å². The van der Waals surface area contributed by atoms with Gasteiger partial charge in [0.25, 0.3) is 0 Å². The van der Waals surface area contributed by atoms with Crippen LogP contribution in [0.5, 0.6) is 5.75 Å². The summed E-state index contributed by atoms with van der Waals surface area (Å²) in [4.78, 5) is 0. The Morgan fingerprint density at radius 3 is 2.85 bits per heavy atom. The van der Waals surface area contributed by atoms with Gasteiger partial charge in [0, 0.05) is 10.5 Å². The van der Waals surface area contributed by atoms with E-state index in [4.69, 9.17) is 4.74 Å². The van der Waals surface area contributed by atoms with Crippen LogP contribution in [0, 0.1) is 6.07 Å². The number of benzene rings is 2. The second-order valence-electron chi connectivity index (χ2n) is 2.76. The fourth-order valence-electron chi connectivity index (χ4n) is 1.24. The van der Waals surface area contributed by atoms with Crippen LogP contribution in [0.3, 0.4) is 0 Å². The molecule has 0 aliphatic rings. The van der Waals surface area contributed by atoms with Crippen molar-refractivity contribution in [3.8, 4) is 5.75 Å². The first kappa shape index (κ1) is 8.57. The van der Waals surface area contributed by atoms with E-state index in [1.54, 1.807) is 7.11 Å². The van der Waals surface area contributed by atoms with Crippen molar-refractivity contribution in [1.29, 1.82) is 0 Å². The Labute approximate surface area is 85.5 Å². The van der Waals surface area contributed by atoms with Gasteiger partial charge >= 0.3 is 0 Å². The highest BCUT2D eigenvalue weighted by Gasteiger charge is 1.96. The molecule has 0 aliphatic heterocycles. The molecule has 0 unspecified atom stereocenters. The fraction of sp³-hybridized carbons (Fsp3) is 0.0909. The highest BCUT2D eigenvalue weighted by Crippen LogP contribution is 2.22. The van der Waals surface area contributed by atoms with Gasteiger partial charge in [-0.2, -0.15) is 0 Å². The molecule has 13 heavy (non-hydrogen) atoms. The van der Waals surface area contributed by atoms with Crippen molar-refractivity contribution in [3.63, 3.8) is 0 Å². The minimum Gasteiger partial charge on any atom is -0.496 e. The van der Waals surface area contributed by atoms with Crippen molar-refractivity contribution in [1.82, 2.24) is 0 Å². The van der Waals surface area contributed by atoms with E-state index >= 15 is 0 Å². The molecule has 0 saturated carbocycles. The SMILES string of the molecule is COc1[c]c2ccc(Br)cc2cc1. The summed E-state index contributed by atoms with van der Waals surface area (Å²) in [5, 5.41) is 2.23. The smallest absolute Gasteiger partial charge is 0.127 e. The second kappa shape index (κ2) is 3.38. The van der Waals surface area contributed by atoms with E-state index in [1.165, 1.54) is 0 Å². The molecule has 0 spiro atoms. The third kappa shape index (κ3) is 1.68. The highest BCUT2D eigenvalue weighted by molar-refractivity contribution is 9.10. The maximum atomic E-state index is 5.09. The molecule has 2 aromatic rings. The molecule has 1 radical (unpaired) electrons. The van der Waals surface area contributed by atoms with E-state index < -0.39 is 0 Å². The lowest BCUT2D eigenvalue weighted by molar-refractivity contribution is 0.414. The lowest BCUT2D eigenvalue weighted by atomic mass is 10.1. The predicted molar refractivity (Wildman–Crippen MR) is 57.0 cm³/mol. The Balaban J connectivity index is 2.66. The van der Waals surface area contributed by atoms with Crippen LogP contribution >= 0.6 is 15.9 Å². The molecule has 0 saturated heterocycles. The normalized spacial score (nSPS) is 10.3. The lowest BCUT2D eigenvalue weighted by Crippen LogP contribution is -1.82. The molecule has 0 bridgehead atoms. The molecule has 0 fully saturated rings. The van der Waals surface area contributed by atoms with Crippen LogP contribution in [0.25, 0.3) is 10.8 Å². The fourth-order valence-corrected chi connectivity index (χ4v) is 1.62. The molecule has 1 nitrogen and oxygen atoms in total. The predicted octanol–water partition coefficient (Wildman–Crippen LogP) is 3.41. The van der Waals surface area contributed by atoms with E-state index in [1.807, 2.05) is 24.3 Å². The minimum atomic E-state index is 0.773. The van der Waals surface area contributed by atoms with Gasteiger partial charge in [-0.3, -0.25) is 0 Å². The monoisotopic (exact) mass is 235 g/mol. The quantitative estimate of drug-likeness (QED) is 0.737. The standard InChI is InChI=1S/C11H8BrO/c1-13-11-5-3-8-6-10(12)4-2-9(8)7-11/h2-6H,1H3. The van der Waals surface area contributed by atoms with Gasteiger partial charge in [0.15, 0.2) is 0 Å². The molecule has 0 aromatic heterocycles. The van der Waals surface area contributed by atoms with Gasteiger partial charge in [0.2, 0.25) is 0 Å². The molecule has 2 aromatic carbocycles. The summed E-state index contributed by atoms with van der Waals surface area (Å²) in [5.41, 5.74) is 0. The van der Waals surface area contributed by atoms with Crippen LogP contribution in [0.15, 0.2) is 34.8 Å². The van der Waals surface area contributed by atoms with Gasteiger partial charge in [-0.25, -0.2) is 0 Å². The maximum absolute atomic E-state index is 5.09. The number of rotatable bonds is 1. The zero-order valence-electron chi connectivity index (χ0n) is 7.17. The van der Waals surface area contributed by atoms with E-state index in [2.05, 4.69) is 28.1 Å². The zero-order chi connectivity index (χ0) is 9.26. The molecule has 65 valence electrons. The van der Waals surface area contributed by atoms with Crippen LogP contribution in [0.4, 0.5) is 0 Å². The van der Waals surface area contributed by atoms with Crippen LogP contribution in [0.2, 0.25) is 0 Å². The summed E-state index contributed by atoms with van der Waals surface area (Å²) in [5.74, 6) is 0.773. The Morgan fingerprint density at radius 2 is 2.08 bits per heavy atom. The average molecular weight is 236 g/mol. The van der Waals surface area contributed by atoms with Crippen molar-refractivity contribution in [3.05, 3.63) is 40.9 Å². The Kier molecular flexibility index (Phi) is 2.23. The lowest BCUT2D eigenvalue weighted by Gasteiger charge is -2.01. The van der Waals surface area contributed by atoms with E-state index in [0.717, 1.165) is 21.0 Å². The first-order valence-corrected chi connectivity index (χ1v) is 4.74. The number of ether oxygens (including phenoxy) is 1. The maximum Gasteiger partial charge on any atom is 0.127 e. The first-order valence-electron chi connectivity index (χ1n) is 3.95. The van der Waals surface area contributed by atoms with E-state index in [0.29, 0.717) is 0 Å². The molecular formula is C11H8BrO.